The first-order chi connectivity index (χ1) is 9.02. The lowest BCUT2D eigenvalue weighted by molar-refractivity contribution is 0.0999. The van der Waals surface area contributed by atoms with Crippen molar-refractivity contribution in [3.8, 4) is 0 Å². The molecule has 7 heteroatoms. The predicted octanol–water partition coefficient (Wildman–Crippen LogP) is 0.909. The zero-order chi connectivity index (χ0) is 14.0. The number of hydrogen-bond acceptors (Lipinski definition) is 5. The third-order valence-electron chi connectivity index (χ3n) is 3.29. The lowest BCUT2D eigenvalue weighted by Crippen LogP contribution is -2.26. The van der Waals surface area contributed by atoms with Crippen LogP contribution >= 0.6 is 11.3 Å². The molecule has 0 saturated carbocycles. The molecule has 104 valence electrons. The molecule has 1 aliphatic heterocycles. The molecule has 2 rings (SSSR count). The molecule has 0 unspecified atom stereocenters. The van der Waals surface area contributed by atoms with Crippen LogP contribution in [0.15, 0.2) is 0 Å². The van der Waals surface area contributed by atoms with Gasteiger partial charge in [0.15, 0.2) is 0 Å². The fourth-order valence-electron chi connectivity index (χ4n) is 2.35. The van der Waals surface area contributed by atoms with Crippen molar-refractivity contribution in [1.82, 2.24) is 0 Å². The Morgan fingerprint density at radius 2 is 1.58 bits per heavy atom. The fraction of sp³-hybridized carbons (Fsp3) is 0.500. The van der Waals surface area contributed by atoms with E-state index in [9.17, 15) is 9.59 Å². The number of nitrogen functional groups attached to an aromatic ring is 1. The quantitative estimate of drug-likeness (QED) is 0.764. The maximum atomic E-state index is 11.6. The number of rotatable bonds is 3. The van der Waals surface area contributed by atoms with E-state index >= 15 is 0 Å². The number of carbonyl (C=O) groups is 2. The largest absolute Gasteiger partial charge is 0.397 e. The summed E-state index contributed by atoms with van der Waals surface area (Å²) in [4.78, 5) is 25.2. The van der Waals surface area contributed by atoms with Crippen LogP contribution < -0.4 is 22.1 Å². The van der Waals surface area contributed by atoms with Crippen LogP contribution in [0.3, 0.4) is 0 Å². The maximum Gasteiger partial charge on any atom is 0.260 e. The minimum Gasteiger partial charge on any atom is -0.397 e. The number of amides is 2. The Bertz CT molecular complexity index is 504. The molecular formula is C12H18N4O2S. The van der Waals surface area contributed by atoms with Gasteiger partial charge in [0.05, 0.1) is 11.3 Å². The molecule has 0 aromatic carbocycles. The van der Waals surface area contributed by atoms with Crippen LogP contribution in [-0.4, -0.2) is 24.9 Å². The Hall–Kier alpha value is -1.76. The van der Waals surface area contributed by atoms with Crippen LogP contribution in [0.2, 0.25) is 0 Å². The van der Waals surface area contributed by atoms with Gasteiger partial charge < -0.3 is 22.1 Å². The van der Waals surface area contributed by atoms with Crippen molar-refractivity contribution in [3.63, 3.8) is 0 Å². The summed E-state index contributed by atoms with van der Waals surface area (Å²) in [5.41, 5.74) is 16.8. The van der Waals surface area contributed by atoms with Crippen LogP contribution in [0.4, 0.5) is 10.7 Å². The lowest BCUT2D eigenvalue weighted by atomic mass is 10.2. The highest BCUT2D eigenvalue weighted by Gasteiger charge is 2.26. The molecule has 1 fully saturated rings. The molecule has 1 aromatic rings. The number of thiophene rings is 1. The van der Waals surface area contributed by atoms with Gasteiger partial charge in [-0.1, -0.05) is 12.8 Å². The molecule has 6 N–H and O–H groups in total. The number of nitrogens with two attached hydrogens (primary N) is 3. The number of anilines is 2. The second kappa shape index (κ2) is 5.48. The van der Waals surface area contributed by atoms with Crippen molar-refractivity contribution >= 4 is 33.8 Å². The fourth-order valence-corrected chi connectivity index (χ4v) is 3.48. The molecule has 0 bridgehead atoms. The summed E-state index contributed by atoms with van der Waals surface area (Å²) >= 11 is 1.16. The molecule has 2 heterocycles. The molecule has 2 amide bonds. The van der Waals surface area contributed by atoms with Gasteiger partial charge >= 0.3 is 0 Å². The van der Waals surface area contributed by atoms with E-state index in [0.29, 0.717) is 5.00 Å². The van der Waals surface area contributed by atoms with E-state index in [2.05, 4.69) is 4.90 Å². The summed E-state index contributed by atoms with van der Waals surface area (Å²) in [5.74, 6) is -1.23. The molecule has 0 radical (unpaired) electrons. The summed E-state index contributed by atoms with van der Waals surface area (Å²) in [5, 5.41) is 0.681. The first kappa shape index (κ1) is 13.7. The summed E-state index contributed by atoms with van der Waals surface area (Å²) < 4.78 is 0. The molecule has 1 aliphatic rings. The van der Waals surface area contributed by atoms with Gasteiger partial charge in [0.1, 0.15) is 9.88 Å². The van der Waals surface area contributed by atoms with E-state index in [4.69, 9.17) is 17.2 Å². The van der Waals surface area contributed by atoms with Crippen LogP contribution in [0, 0.1) is 0 Å². The highest BCUT2D eigenvalue weighted by Crippen LogP contribution is 2.38. The number of primary amides is 2. The first-order valence-electron chi connectivity index (χ1n) is 6.29. The topological polar surface area (TPSA) is 115 Å². The summed E-state index contributed by atoms with van der Waals surface area (Å²) in [6.07, 6.45) is 4.46. The number of nitrogens with zero attached hydrogens (tertiary/aromatic N) is 1. The Morgan fingerprint density at radius 1 is 1.00 bits per heavy atom. The second-order valence-electron chi connectivity index (χ2n) is 4.65. The SMILES string of the molecule is NC(=O)c1sc(N2CCCCCC2)c(C(N)=O)c1N. The van der Waals surface area contributed by atoms with E-state index in [1.165, 1.54) is 12.8 Å². The molecular weight excluding hydrogens is 264 g/mol. The molecule has 0 aliphatic carbocycles. The van der Waals surface area contributed by atoms with Crippen molar-refractivity contribution in [2.75, 3.05) is 23.7 Å². The minimum atomic E-state index is -0.619. The third-order valence-corrected chi connectivity index (χ3v) is 4.57. The smallest absolute Gasteiger partial charge is 0.260 e. The average Bonchev–Trinajstić information content (AvgIpc) is 2.53. The monoisotopic (exact) mass is 282 g/mol. The summed E-state index contributed by atoms with van der Waals surface area (Å²) in [7, 11) is 0. The average molecular weight is 282 g/mol. The molecule has 19 heavy (non-hydrogen) atoms. The number of carbonyl (C=O) groups excluding carboxylic acids is 2. The van der Waals surface area contributed by atoms with Gasteiger partial charge in [-0.25, -0.2) is 0 Å². The predicted molar refractivity (Wildman–Crippen MR) is 76.4 cm³/mol. The van der Waals surface area contributed by atoms with Crippen LogP contribution in [0.5, 0.6) is 0 Å². The first-order valence-corrected chi connectivity index (χ1v) is 7.11. The van der Waals surface area contributed by atoms with Crippen LogP contribution in [0.25, 0.3) is 0 Å². The lowest BCUT2D eigenvalue weighted by Gasteiger charge is -2.21. The van der Waals surface area contributed by atoms with E-state index < -0.39 is 11.8 Å². The van der Waals surface area contributed by atoms with Gasteiger partial charge in [-0.2, -0.15) is 0 Å². The molecule has 1 aromatic heterocycles. The summed E-state index contributed by atoms with van der Waals surface area (Å²) in [6.45, 7) is 1.69. The minimum absolute atomic E-state index is 0.115. The molecule has 0 atom stereocenters. The Kier molecular flexibility index (Phi) is 3.94. The van der Waals surface area contributed by atoms with E-state index in [1.54, 1.807) is 0 Å². The Morgan fingerprint density at radius 3 is 2.05 bits per heavy atom. The van der Waals surface area contributed by atoms with Crippen molar-refractivity contribution in [1.29, 1.82) is 0 Å². The summed E-state index contributed by atoms with van der Waals surface area (Å²) in [6, 6.07) is 0. The standard InChI is InChI=1S/C12H18N4O2S/c13-8-7(10(14)17)12(19-9(8)11(15)18)16-5-3-1-2-4-6-16/h1-6,13H2,(H2,14,17)(H2,15,18). The van der Waals surface area contributed by atoms with Gasteiger partial charge in [0, 0.05) is 13.1 Å². The van der Waals surface area contributed by atoms with Crippen molar-refractivity contribution in [2.24, 2.45) is 11.5 Å². The van der Waals surface area contributed by atoms with Crippen LogP contribution in [-0.2, 0) is 0 Å². The molecule has 6 nitrogen and oxygen atoms in total. The Labute approximate surface area is 115 Å². The Balaban J connectivity index is 2.45. The van der Waals surface area contributed by atoms with Gasteiger partial charge in [-0.15, -0.1) is 11.3 Å². The van der Waals surface area contributed by atoms with Gasteiger partial charge in [-0.05, 0) is 12.8 Å². The van der Waals surface area contributed by atoms with Crippen molar-refractivity contribution in [3.05, 3.63) is 10.4 Å². The normalized spacial score (nSPS) is 16.1. The van der Waals surface area contributed by atoms with Gasteiger partial charge in [0.25, 0.3) is 11.8 Å². The zero-order valence-corrected chi connectivity index (χ0v) is 11.5. The second-order valence-corrected chi connectivity index (χ2v) is 5.65. The molecule has 1 saturated heterocycles. The highest BCUT2D eigenvalue weighted by molar-refractivity contribution is 7.19. The van der Waals surface area contributed by atoms with Crippen molar-refractivity contribution in [2.45, 2.75) is 25.7 Å². The maximum absolute atomic E-state index is 11.6. The van der Waals surface area contributed by atoms with Crippen LogP contribution in [0.1, 0.15) is 45.7 Å². The van der Waals surface area contributed by atoms with Crippen molar-refractivity contribution < 1.29 is 9.59 Å². The van der Waals surface area contributed by atoms with E-state index in [0.717, 1.165) is 37.3 Å². The molecule has 0 spiro atoms. The number of hydrogen-bond donors (Lipinski definition) is 3. The highest BCUT2D eigenvalue weighted by atomic mass is 32.1. The zero-order valence-electron chi connectivity index (χ0n) is 10.6. The van der Waals surface area contributed by atoms with Gasteiger partial charge in [0.2, 0.25) is 0 Å². The third kappa shape index (κ3) is 2.65. The van der Waals surface area contributed by atoms with Gasteiger partial charge in [-0.3, -0.25) is 9.59 Å². The van der Waals surface area contributed by atoms with E-state index in [1.807, 2.05) is 0 Å². The van der Waals surface area contributed by atoms with E-state index in [-0.39, 0.29) is 16.1 Å².